The van der Waals surface area contributed by atoms with Gasteiger partial charge in [0.15, 0.2) is 5.60 Å². The van der Waals surface area contributed by atoms with Crippen LogP contribution < -0.4 is 5.32 Å². The highest BCUT2D eigenvalue weighted by Gasteiger charge is 2.31. The molecule has 0 radical (unpaired) electrons. The van der Waals surface area contributed by atoms with Crippen LogP contribution >= 0.6 is 0 Å². The van der Waals surface area contributed by atoms with Crippen LogP contribution in [0.15, 0.2) is 12.1 Å². The van der Waals surface area contributed by atoms with E-state index in [1.807, 2.05) is 41.5 Å². The molecule has 140 valence electrons. The lowest BCUT2D eigenvalue weighted by Crippen LogP contribution is -2.46. The van der Waals surface area contributed by atoms with Gasteiger partial charge in [-0.3, -0.25) is 4.79 Å². The zero-order valence-corrected chi connectivity index (χ0v) is 16.0. The van der Waals surface area contributed by atoms with Crippen LogP contribution in [0.4, 0.5) is 0 Å². The maximum absolute atomic E-state index is 12.5. The molecule has 0 saturated carbocycles. The molecule has 0 aromatic heterocycles. The number of aromatic hydroxyl groups is 1. The predicted molar refractivity (Wildman–Crippen MR) is 96.1 cm³/mol. The summed E-state index contributed by atoms with van der Waals surface area (Å²) in [7, 11) is 0. The molecule has 1 unspecified atom stereocenters. The van der Waals surface area contributed by atoms with Gasteiger partial charge in [-0.05, 0) is 29.9 Å². The van der Waals surface area contributed by atoms with E-state index >= 15 is 0 Å². The molecule has 0 spiro atoms. The molecule has 4 N–H and O–H groups in total. The molecule has 25 heavy (non-hydrogen) atoms. The molecular formula is C19H29NO5. The summed E-state index contributed by atoms with van der Waals surface area (Å²) in [6, 6.07) is 3.21. The van der Waals surface area contributed by atoms with Crippen molar-refractivity contribution in [2.45, 2.75) is 64.9 Å². The van der Waals surface area contributed by atoms with E-state index < -0.39 is 24.0 Å². The Bertz CT molecular complexity index is 643. The first-order chi connectivity index (χ1) is 11.1. The van der Waals surface area contributed by atoms with E-state index in [9.17, 15) is 19.8 Å². The third-order valence-electron chi connectivity index (χ3n) is 4.04. The van der Waals surface area contributed by atoms with Gasteiger partial charge in [0, 0.05) is 16.7 Å². The number of benzene rings is 1. The number of carbonyl (C=O) groups is 2. The third-order valence-corrected chi connectivity index (χ3v) is 4.04. The fourth-order valence-corrected chi connectivity index (χ4v) is 2.34. The molecule has 1 atom stereocenters. The maximum atomic E-state index is 12.5. The SMILES string of the molecule is CC(O)(CNC(=O)c1cc(C(C)(C)C)c(O)c(C(C)(C)C)c1)C(=O)O. The van der Waals surface area contributed by atoms with Gasteiger partial charge in [0.1, 0.15) is 5.75 Å². The number of hydrogen-bond acceptors (Lipinski definition) is 4. The fourth-order valence-electron chi connectivity index (χ4n) is 2.34. The summed E-state index contributed by atoms with van der Waals surface area (Å²) in [4.78, 5) is 23.4. The highest BCUT2D eigenvalue weighted by atomic mass is 16.4. The van der Waals surface area contributed by atoms with Crippen molar-refractivity contribution in [3.8, 4) is 5.75 Å². The number of phenolic OH excluding ortho intramolecular Hbond substituents is 1. The monoisotopic (exact) mass is 351 g/mol. The number of carboxylic acid groups (broad SMARTS) is 1. The Labute approximate surface area is 148 Å². The van der Waals surface area contributed by atoms with E-state index in [1.54, 1.807) is 12.1 Å². The van der Waals surface area contributed by atoms with E-state index in [1.165, 1.54) is 0 Å². The summed E-state index contributed by atoms with van der Waals surface area (Å²) >= 11 is 0. The molecule has 1 aromatic rings. The molecule has 0 bridgehead atoms. The molecule has 0 heterocycles. The Morgan fingerprint density at radius 2 is 1.36 bits per heavy atom. The molecule has 6 heteroatoms. The van der Waals surface area contributed by atoms with Crippen molar-refractivity contribution in [1.29, 1.82) is 0 Å². The minimum absolute atomic E-state index is 0.161. The average molecular weight is 351 g/mol. The van der Waals surface area contributed by atoms with Gasteiger partial charge in [-0.25, -0.2) is 4.79 Å². The van der Waals surface area contributed by atoms with Crippen molar-refractivity contribution in [3.63, 3.8) is 0 Å². The van der Waals surface area contributed by atoms with Crippen LogP contribution in [0.2, 0.25) is 0 Å². The minimum Gasteiger partial charge on any atom is -0.507 e. The topological polar surface area (TPSA) is 107 Å². The Morgan fingerprint density at radius 1 is 0.960 bits per heavy atom. The second-order valence-corrected chi connectivity index (χ2v) is 8.68. The van der Waals surface area contributed by atoms with E-state index in [0.717, 1.165) is 6.92 Å². The van der Waals surface area contributed by atoms with Crippen molar-refractivity contribution in [1.82, 2.24) is 5.32 Å². The first kappa shape index (κ1) is 21.0. The second kappa shape index (κ2) is 6.67. The van der Waals surface area contributed by atoms with Crippen LogP contribution in [0.25, 0.3) is 0 Å². The lowest BCUT2D eigenvalue weighted by Gasteiger charge is -2.28. The van der Waals surface area contributed by atoms with Crippen molar-refractivity contribution in [2.24, 2.45) is 0 Å². The van der Waals surface area contributed by atoms with Crippen LogP contribution in [0, 0.1) is 0 Å². The van der Waals surface area contributed by atoms with E-state index in [-0.39, 0.29) is 16.6 Å². The highest BCUT2D eigenvalue weighted by Crippen LogP contribution is 2.39. The number of carbonyl (C=O) groups excluding carboxylic acids is 1. The fraction of sp³-hybridized carbons (Fsp3) is 0.579. The van der Waals surface area contributed by atoms with Crippen LogP contribution in [0.1, 0.15) is 70.0 Å². The van der Waals surface area contributed by atoms with Gasteiger partial charge in [-0.2, -0.15) is 0 Å². The molecule has 6 nitrogen and oxygen atoms in total. The first-order valence-electron chi connectivity index (χ1n) is 8.19. The Morgan fingerprint density at radius 3 is 1.68 bits per heavy atom. The first-order valence-corrected chi connectivity index (χ1v) is 8.19. The maximum Gasteiger partial charge on any atom is 0.337 e. The van der Waals surface area contributed by atoms with Crippen LogP contribution in [-0.4, -0.2) is 39.3 Å². The number of nitrogens with one attached hydrogen (secondary N) is 1. The average Bonchev–Trinajstić information content (AvgIpc) is 2.42. The van der Waals surface area contributed by atoms with Crippen LogP contribution in [-0.2, 0) is 15.6 Å². The molecule has 1 aromatic carbocycles. The highest BCUT2D eigenvalue weighted by molar-refractivity contribution is 5.95. The molecule has 0 fully saturated rings. The predicted octanol–water partition coefficient (Wildman–Crippen LogP) is 2.55. The van der Waals surface area contributed by atoms with Crippen molar-refractivity contribution in [2.75, 3.05) is 6.54 Å². The lowest BCUT2D eigenvalue weighted by atomic mass is 9.78. The van der Waals surface area contributed by atoms with E-state index in [0.29, 0.717) is 16.7 Å². The smallest absolute Gasteiger partial charge is 0.337 e. The normalized spacial score (nSPS) is 14.7. The summed E-state index contributed by atoms with van der Waals surface area (Å²) in [5.41, 5.74) is -1.23. The van der Waals surface area contributed by atoms with E-state index in [2.05, 4.69) is 5.32 Å². The minimum atomic E-state index is -2.05. The van der Waals surface area contributed by atoms with Gasteiger partial charge in [-0.1, -0.05) is 41.5 Å². The van der Waals surface area contributed by atoms with Gasteiger partial charge in [0.2, 0.25) is 0 Å². The zero-order valence-electron chi connectivity index (χ0n) is 16.0. The molecule has 0 aliphatic heterocycles. The Hall–Kier alpha value is -2.08. The molecule has 1 amide bonds. The Kier molecular flexibility index (Phi) is 5.59. The van der Waals surface area contributed by atoms with Gasteiger partial charge in [0.25, 0.3) is 5.91 Å². The van der Waals surface area contributed by atoms with Crippen molar-refractivity contribution in [3.05, 3.63) is 28.8 Å². The van der Waals surface area contributed by atoms with Gasteiger partial charge in [0.05, 0.1) is 6.54 Å². The van der Waals surface area contributed by atoms with Crippen LogP contribution in [0.3, 0.4) is 0 Å². The largest absolute Gasteiger partial charge is 0.507 e. The number of phenols is 1. The lowest BCUT2D eigenvalue weighted by molar-refractivity contribution is -0.155. The van der Waals surface area contributed by atoms with Crippen LogP contribution in [0.5, 0.6) is 5.75 Å². The number of aliphatic hydroxyl groups is 1. The quantitative estimate of drug-likeness (QED) is 0.667. The zero-order chi connectivity index (χ0) is 19.8. The number of carboxylic acids is 1. The molecule has 1 rings (SSSR count). The third kappa shape index (κ3) is 4.95. The number of rotatable bonds is 4. The Balaban J connectivity index is 3.32. The second-order valence-electron chi connectivity index (χ2n) is 8.68. The number of aliphatic carboxylic acids is 1. The van der Waals surface area contributed by atoms with Gasteiger partial charge < -0.3 is 20.6 Å². The molecular weight excluding hydrogens is 322 g/mol. The van der Waals surface area contributed by atoms with E-state index in [4.69, 9.17) is 5.11 Å². The number of hydrogen-bond donors (Lipinski definition) is 4. The van der Waals surface area contributed by atoms with Crippen molar-refractivity contribution >= 4 is 11.9 Å². The van der Waals surface area contributed by atoms with Gasteiger partial charge in [-0.15, -0.1) is 0 Å². The standard InChI is InChI=1S/C19H29NO5/c1-17(2,3)12-8-11(9-13(14(12)21)18(4,5)6)15(22)20-10-19(7,25)16(23)24/h8-9,21,25H,10H2,1-7H3,(H,20,22)(H,23,24). The summed E-state index contributed by atoms with van der Waals surface area (Å²) in [5.74, 6) is -1.75. The summed E-state index contributed by atoms with van der Waals surface area (Å²) < 4.78 is 0. The summed E-state index contributed by atoms with van der Waals surface area (Å²) in [5, 5.41) is 31.8. The summed E-state index contributed by atoms with van der Waals surface area (Å²) in [6.07, 6.45) is 0. The molecule has 0 aliphatic rings. The number of amides is 1. The molecule has 0 aliphatic carbocycles. The summed E-state index contributed by atoms with van der Waals surface area (Å²) in [6.45, 7) is 12.3. The molecule has 0 saturated heterocycles. The van der Waals surface area contributed by atoms with Crippen molar-refractivity contribution < 1.29 is 24.9 Å². The van der Waals surface area contributed by atoms with Gasteiger partial charge >= 0.3 is 5.97 Å².